The maximum Gasteiger partial charge on any atom is 0.246 e. The Morgan fingerprint density at radius 1 is 1.44 bits per heavy atom. The number of piperazine rings is 1. The zero-order valence-corrected chi connectivity index (χ0v) is 10.4. The molecule has 0 spiro atoms. The summed E-state index contributed by atoms with van der Waals surface area (Å²) in [6.07, 6.45) is 3.02. The first kappa shape index (κ1) is 12.7. The molecule has 18 heavy (non-hydrogen) atoms. The summed E-state index contributed by atoms with van der Waals surface area (Å²) in [5.74, 6) is -0.273. The van der Waals surface area contributed by atoms with Crippen molar-refractivity contribution in [1.29, 1.82) is 0 Å². The second-order valence-corrected chi connectivity index (χ2v) is 4.30. The molecule has 1 unspecified atom stereocenters. The van der Waals surface area contributed by atoms with Crippen LogP contribution in [0.25, 0.3) is 0 Å². The average Bonchev–Trinajstić information content (AvgIpc) is 2.40. The molecule has 0 aliphatic carbocycles. The van der Waals surface area contributed by atoms with Crippen molar-refractivity contribution in [3.8, 4) is 0 Å². The second-order valence-electron chi connectivity index (χ2n) is 4.30. The summed E-state index contributed by atoms with van der Waals surface area (Å²) in [5, 5.41) is 2.94. The number of rotatable bonds is 4. The Bertz CT molecular complexity index is 433. The van der Waals surface area contributed by atoms with Crippen molar-refractivity contribution in [1.82, 2.24) is 15.2 Å². The first-order valence-corrected chi connectivity index (χ1v) is 6.20. The number of carbonyl (C=O) groups excluding carboxylic acids is 2. The highest BCUT2D eigenvalue weighted by Crippen LogP contribution is 2.07. The van der Waals surface area contributed by atoms with Gasteiger partial charge in [0, 0.05) is 24.9 Å². The van der Waals surface area contributed by atoms with E-state index in [4.69, 9.17) is 0 Å². The van der Waals surface area contributed by atoms with Gasteiger partial charge in [-0.1, -0.05) is 13.0 Å². The molecule has 1 N–H and O–H groups in total. The van der Waals surface area contributed by atoms with E-state index < -0.39 is 0 Å². The Labute approximate surface area is 106 Å². The van der Waals surface area contributed by atoms with Crippen LogP contribution in [0.1, 0.15) is 19.0 Å². The van der Waals surface area contributed by atoms with Crippen molar-refractivity contribution in [2.45, 2.75) is 25.8 Å². The van der Waals surface area contributed by atoms with Crippen molar-refractivity contribution >= 4 is 11.8 Å². The fraction of sp³-hybridized carbons (Fsp3) is 0.462. The Hall–Kier alpha value is -1.75. The molecule has 2 rings (SSSR count). The van der Waals surface area contributed by atoms with Crippen LogP contribution in [0.15, 0.2) is 24.4 Å². The molecule has 1 fully saturated rings. The van der Waals surface area contributed by atoms with Crippen molar-refractivity contribution in [3.63, 3.8) is 0 Å². The van der Waals surface area contributed by atoms with Gasteiger partial charge < -0.3 is 0 Å². The lowest BCUT2D eigenvalue weighted by molar-refractivity contribution is -0.149. The second kappa shape index (κ2) is 5.73. The third kappa shape index (κ3) is 2.73. The molecule has 1 saturated heterocycles. The molecule has 5 nitrogen and oxygen atoms in total. The molecule has 2 amide bonds. The Morgan fingerprint density at radius 2 is 2.28 bits per heavy atom. The van der Waals surface area contributed by atoms with E-state index in [-0.39, 0.29) is 24.4 Å². The largest absolute Gasteiger partial charge is 0.297 e. The smallest absolute Gasteiger partial charge is 0.246 e. The molecule has 2 heterocycles. The molecule has 0 radical (unpaired) electrons. The van der Waals surface area contributed by atoms with Crippen LogP contribution in [-0.4, -0.2) is 40.8 Å². The van der Waals surface area contributed by atoms with Gasteiger partial charge in [-0.2, -0.15) is 0 Å². The van der Waals surface area contributed by atoms with Crippen molar-refractivity contribution in [2.24, 2.45) is 0 Å². The molecule has 0 bridgehead atoms. The Kier molecular flexibility index (Phi) is 4.04. The van der Waals surface area contributed by atoms with Gasteiger partial charge >= 0.3 is 0 Å². The highest BCUT2D eigenvalue weighted by atomic mass is 16.2. The molecule has 0 aromatic carbocycles. The summed E-state index contributed by atoms with van der Waals surface area (Å²) in [5.41, 5.74) is 0.893. The van der Waals surface area contributed by atoms with Crippen LogP contribution in [0.3, 0.4) is 0 Å². The molecule has 1 aliphatic rings. The minimum Gasteiger partial charge on any atom is -0.297 e. The number of hydrogen-bond donors (Lipinski definition) is 1. The van der Waals surface area contributed by atoms with Gasteiger partial charge in [0.2, 0.25) is 11.8 Å². The van der Waals surface area contributed by atoms with E-state index in [0.717, 1.165) is 5.69 Å². The minimum atomic E-state index is -0.230. The van der Waals surface area contributed by atoms with Gasteiger partial charge in [-0.3, -0.25) is 24.8 Å². The predicted molar refractivity (Wildman–Crippen MR) is 66.7 cm³/mol. The van der Waals surface area contributed by atoms with Crippen LogP contribution < -0.4 is 5.32 Å². The maximum absolute atomic E-state index is 12.0. The number of hydrogen-bond acceptors (Lipinski definition) is 4. The van der Waals surface area contributed by atoms with Gasteiger partial charge in [-0.25, -0.2) is 0 Å². The number of carbonyl (C=O) groups is 2. The summed E-state index contributed by atoms with van der Waals surface area (Å²) in [6.45, 7) is 2.58. The van der Waals surface area contributed by atoms with Gasteiger partial charge in [0.05, 0.1) is 12.6 Å². The normalized spacial score (nSPS) is 20.3. The van der Waals surface area contributed by atoms with E-state index in [1.165, 1.54) is 4.90 Å². The molecule has 1 aliphatic heterocycles. The van der Waals surface area contributed by atoms with Gasteiger partial charge in [-0.05, 0) is 18.6 Å². The van der Waals surface area contributed by atoms with Crippen molar-refractivity contribution in [2.75, 3.05) is 13.1 Å². The number of pyridine rings is 1. The van der Waals surface area contributed by atoms with Crippen molar-refractivity contribution < 1.29 is 9.59 Å². The molecular weight excluding hydrogens is 230 g/mol. The topological polar surface area (TPSA) is 62.3 Å². The minimum absolute atomic E-state index is 0.121. The molecule has 5 heteroatoms. The van der Waals surface area contributed by atoms with Crippen LogP contribution in [0.4, 0.5) is 0 Å². The van der Waals surface area contributed by atoms with Gasteiger partial charge in [0.15, 0.2) is 0 Å². The highest BCUT2D eigenvalue weighted by molar-refractivity contribution is 6.01. The zero-order chi connectivity index (χ0) is 13.0. The first-order chi connectivity index (χ1) is 8.72. The third-order valence-corrected chi connectivity index (χ3v) is 3.09. The Balaban J connectivity index is 1.98. The monoisotopic (exact) mass is 247 g/mol. The summed E-state index contributed by atoms with van der Waals surface area (Å²) >= 11 is 0. The molecule has 96 valence electrons. The molecule has 1 atom stereocenters. The van der Waals surface area contributed by atoms with Crippen LogP contribution in [0.2, 0.25) is 0 Å². The highest BCUT2D eigenvalue weighted by Gasteiger charge is 2.32. The number of amides is 2. The molecule has 0 saturated carbocycles. The Morgan fingerprint density at radius 3 is 2.94 bits per heavy atom. The predicted octanol–water partition coefficient (Wildman–Crippen LogP) is 0.361. The number of aromatic nitrogens is 1. The fourth-order valence-corrected chi connectivity index (χ4v) is 2.03. The summed E-state index contributed by atoms with van der Waals surface area (Å²) < 4.78 is 0. The third-order valence-electron chi connectivity index (χ3n) is 3.09. The van der Waals surface area contributed by atoms with Gasteiger partial charge in [-0.15, -0.1) is 0 Å². The van der Waals surface area contributed by atoms with Crippen molar-refractivity contribution in [3.05, 3.63) is 30.1 Å². The van der Waals surface area contributed by atoms with Crippen LogP contribution in [-0.2, 0) is 16.0 Å². The summed E-state index contributed by atoms with van der Waals surface area (Å²) in [4.78, 5) is 29.3. The van der Waals surface area contributed by atoms with Gasteiger partial charge in [0.1, 0.15) is 0 Å². The van der Waals surface area contributed by atoms with E-state index in [1.54, 1.807) is 6.20 Å². The summed E-state index contributed by atoms with van der Waals surface area (Å²) in [6, 6.07) is 5.41. The van der Waals surface area contributed by atoms with E-state index >= 15 is 0 Å². The number of nitrogens with zero attached hydrogens (tertiary/aromatic N) is 2. The van der Waals surface area contributed by atoms with Crippen LogP contribution in [0, 0.1) is 0 Å². The SMILES string of the molecule is CCC1NCC(=O)N(CCc2ccccn2)C1=O. The fourth-order valence-electron chi connectivity index (χ4n) is 2.03. The summed E-state index contributed by atoms with van der Waals surface area (Å²) in [7, 11) is 0. The molecular formula is C13H17N3O2. The van der Waals surface area contributed by atoms with E-state index in [0.29, 0.717) is 19.4 Å². The zero-order valence-electron chi connectivity index (χ0n) is 10.4. The molecule has 1 aromatic rings. The average molecular weight is 247 g/mol. The number of nitrogens with one attached hydrogen (secondary N) is 1. The lowest BCUT2D eigenvalue weighted by Gasteiger charge is -2.30. The lowest BCUT2D eigenvalue weighted by atomic mass is 10.1. The van der Waals surface area contributed by atoms with E-state index in [9.17, 15) is 9.59 Å². The lowest BCUT2D eigenvalue weighted by Crippen LogP contribution is -2.58. The van der Waals surface area contributed by atoms with Gasteiger partial charge in [0.25, 0.3) is 0 Å². The van der Waals surface area contributed by atoms with Crippen LogP contribution >= 0.6 is 0 Å². The number of imide groups is 1. The maximum atomic E-state index is 12.0. The molecule has 1 aromatic heterocycles. The quantitative estimate of drug-likeness (QED) is 0.780. The van der Waals surface area contributed by atoms with Crippen LogP contribution in [0.5, 0.6) is 0 Å². The van der Waals surface area contributed by atoms with E-state index in [2.05, 4.69) is 10.3 Å². The van der Waals surface area contributed by atoms with E-state index in [1.807, 2.05) is 25.1 Å². The first-order valence-electron chi connectivity index (χ1n) is 6.20. The standard InChI is InChI=1S/C13H17N3O2/c1-2-11-13(18)16(12(17)9-15-11)8-6-10-5-3-4-7-14-10/h3-5,7,11,15H,2,6,8-9H2,1H3.